The van der Waals surface area contributed by atoms with Gasteiger partial charge in [-0.2, -0.15) is 0 Å². The topological polar surface area (TPSA) is 59.4 Å². The van der Waals surface area contributed by atoms with Crippen LogP contribution in [0.5, 0.6) is 11.6 Å². The van der Waals surface area contributed by atoms with Gasteiger partial charge in [-0.15, -0.1) is 0 Å². The number of allylic oxidation sites excluding steroid dienone is 1. The molecule has 0 fully saturated rings. The molecule has 21 heavy (non-hydrogen) atoms. The first-order chi connectivity index (χ1) is 10.0. The highest BCUT2D eigenvalue weighted by atomic mass is 35.5. The molecule has 1 aromatic carbocycles. The second kappa shape index (κ2) is 6.61. The smallest absolute Gasteiger partial charge is 0.336 e. The Bertz CT molecular complexity index is 694. The summed E-state index contributed by atoms with van der Waals surface area (Å²) in [5.74, 6) is -0.501. The number of pyridine rings is 1. The molecule has 1 heterocycles. The van der Waals surface area contributed by atoms with Crippen molar-refractivity contribution in [2.75, 3.05) is 0 Å². The summed E-state index contributed by atoms with van der Waals surface area (Å²) in [6, 6.07) is 7.98. The van der Waals surface area contributed by atoms with Crippen molar-refractivity contribution in [3.05, 3.63) is 58.2 Å². The fourth-order valence-electron chi connectivity index (χ4n) is 1.77. The number of carboxylic acid groups (broad SMARTS) is 1. The van der Waals surface area contributed by atoms with Gasteiger partial charge in [0.1, 0.15) is 5.75 Å². The first-order valence-electron chi connectivity index (χ1n) is 6.00. The van der Waals surface area contributed by atoms with Crippen LogP contribution in [-0.2, 0) is 4.79 Å². The predicted octanol–water partition coefficient (Wildman–Crippen LogP) is 4.67. The third-order valence-electron chi connectivity index (χ3n) is 2.63. The molecular weight excluding hydrogens is 313 g/mol. The van der Waals surface area contributed by atoms with Crippen molar-refractivity contribution in [3.63, 3.8) is 0 Å². The molecular formula is C15H11Cl2NO3. The Morgan fingerprint density at radius 1 is 1.29 bits per heavy atom. The number of rotatable bonds is 4. The zero-order valence-corrected chi connectivity index (χ0v) is 12.5. The van der Waals surface area contributed by atoms with E-state index in [1.807, 2.05) is 0 Å². The minimum Gasteiger partial charge on any atom is -0.478 e. The zero-order chi connectivity index (χ0) is 15.4. The van der Waals surface area contributed by atoms with Crippen LogP contribution in [-0.4, -0.2) is 16.1 Å². The van der Waals surface area contributed by atoms with Crippen LogP contribution in [0.4, 0.5) is 0 Å². The van der Waals surface area contributed by atoms with E-state index in [-0.39, 0.29) is 11.5 Å². The number of aromatic nitrogens is 1. The van der Waals surface area contributed by atoms with Gasteiger partial charge in [-0.1, -0.05) is 29.3 Å². The average Bonchev–Trinajstić information content (AvgIpc) is 2.40. The summed E-state index contributed by atoms with van der Waals surface area (Å²) in [6.07, 6.45) is 3.00. The van der Waals surface area contributed by atoms with E-state index in [2.05, 4.69) is 4.98 Å². The molecule has 6 heteroatoms. The van der Waals surface area contributed by atoms with Gasteiger partial charge in [-0.25, -0.2) is 9.78 Å². The number of carbonyl (C=O) groups is 1. The molecule has 0 saturated heterocycles. The molecule has 1 aromatic heterocycles. The number of aliphatic carboxylic acids is 1. The largest absolute Gasteiger partial charge is 0.478 e. The summed E-state index contributed by atoms with van der Waals surface area (Å²) in [7, 11) is 0. The van der Waals surface area contributed by atoms with E-state index < -0.39 is 5.97 Å². The van der Waals surface area contributed by atoms with Crippen LogP contribution in [0.2, 0.25) is 10.0 Å². The summed E-state index contributed by atoms with van der Waals surface area (Å²) in [4.78, 5) is 15.3. The van der Waals surface area contributed by atoms with Gasteiger partial charge >= 0.3 is 5.97 Å². The maximum Gasteiger partial charge on any atom is 0.336 e. The summed E-state index contributed by atoms with van der Waals surface area (Å²) < 4.78 is 5.62. The van der Waals surface area contributed by atoms with Gasteiger partial charge in [0, 0.05) is 16.2 Å². The van der Waals surface area contributed by atoms with Crippen LogP contribution < -0.4 is 4.74 Å². The number of hydrogen-bond donors (Lipinski definition) is 1. The van der Waals surface area contributed by atoms with Gasteiger partial charge in [-0.05, 0) is 37.3 Å². The second-order valence-corrected chi connectivity index (χ2v) is 4.94. The van der Waals surface area contributed by atoms with Gasteiger partial charge in [0.15, 0.2) is 0 Å². The monoisotopic (exact) mass is 323 g/mol. The second-order valence-electron chi connectivity index (χ2n) is 4.07. The molecule has 0 radical (unpaired) electrons. The van der Waals surface area contributed by atoms with Crippen molar-refractivity contribution in [2.24, 2.45) is 0 Å². The van der Waals surface area contributed by atoms with Crippen LogP contribution in [0.15, 0.2) is 42.6 Å². The highest BCUT2D eigenvalue weighted by molar-refractivity contribution is 6.34. The molecule has 108 valence electrons. The Morgan fingerprint density at radius 2 is 1.95 bits per heavy atom. The van der Waals surface area contributed by atoms with Gasteiger partial charge in [0.2, 0.25) is 5.88 Å². The third-order valence-corrected chi connectivity index (χ3v) is 3.07. The van der Waals surface area contributed by atoms with Gasteiger partial charge in [0.05, 0.1) is 11.1 Å². The quantitative estimate of drug-likeness (QED) is 0.830. The van der Waals surface area contributed by atoms with Crippen molar-refractivity contribution >= 4 is 34.7 Å². The standard InChI is InChI=1S/C15H11Cl2NO3/c1-2-12(15(19)20)13-4-3-5-18-14(13)21-11-7-9(16)6-10(17)8-11/h2-8H,1H3,(H,19,20). The highest BCUT2D eigenvalue weighted by Crippen LogP contribution is 2.31. The lowest BCUT2D eigenvalue weighted by atomic mass is 10.1. The lowest BCUT2D eigenvalue weighted by Gasteiger charge is -2.10. The number of benzene rings is 1. The molecule has 0 aliphatic rings. The molecule has 4 nitrogen and oxygen atoms in total. The van der Waals surface area contributed by atoms with Crippen molar-refractivity contribution in [3.8, 4) is 11.6 Å². The molecule has 0 atom stereocenters. The number of halogens is 2. The maximum atomic E-state index is 11.3. The SMILES string of the molecule is CC=C(C(=O)O)c1cccnc1Oc1cc(Cl)cc(Cl)c1. The molecule has 0 amide bonds. The Morgan fingerprint density at radius 3 is 2.52 bits per heavy atom. The number of ether oxygens (including phenoxy) is 1. The molecule has 2 aromatic rings. The highest BCUT2D eigenvalue weighted by Gasteiger charge is 2.16. The molecule has 0 aliphatic carbocycles. The van der Waals surface area contributed by atoms with E-state index in [1.54, 1.807) is 37.3 Å². The Hall–Kier alpha value is -2.04. The minimum absolute atomic E-state index is 0.103. The fourth-order valence-corrected chi connectivity index (χ4v) is 2.28. The fraction of sp³-hybridized carbons (Fsp3) is 0.0667. The lowest BCUT2D eigenvalue weighted by molar-refractivity contribution is -0.130. The summed E-state index contributed by atoms with van der Waals surface area (Å²) >= 11 is 11.8. The van der Waals surface area contributed by atoms with E-state index in [0.717, 1.165) is 0 Å². The van der Waals surface area contributed by atoms with Crippen LogP contribution in [0.25, 0.3) is 5.57 Å². The maximum absolute atomic E-state index is 11.3. The zero-order valence-electron chi connectivity index (χ0n) is 11.0. The molecule has 1 N–H and O–H groups in total. The Kier molecular flexibility index (Phi) is 4.83. The van der Waals surface area contributed by atoms with Crippen molar-refractivity contribution in [2.45, 2.75) is 6.92 Å². The molecule has 0 unspecified atom stereocenters. The van der Waals surface area contributed by atoms with Gasteiger partial charge in [-0.3, -0.25) is 0 Å². The molecule has 0 saturated carbocycles. The third kappa shape index (κ3) is 3.74. The van der Waals surface area contributed by atoms with E-state index in [4.69, 9.17) is 27.9 Å². The van der Waals surface area contributed by atoms with E-state index in [9.17, 15) is 9.90 Å². The molecule has 0 aliphatic heterocycles. The van der Waals surface area contributed by atoms with Crippen LogP contribution in [0.3, 0.4) is 0 Å². The van der Waals surface area contributed by atoms with E-state index in [1.165, 1.54) is 12.3 Å². The predicted molar refractivity (Wildman–Crippen MR) is 82.1 cm³/mol. The van der Waals surface area contributed by atoms with Crippen LogP contribution >= 0.6 is 23.2 Å². The lowest BCUT2D eigenvalue weighted by Crippen LogP contribution is -2.02. The van der Waals surface area contributed by atoms with Crippen LogP contribution in [0, 0.1) is 0 Å². The first-order valence-corrected chi connectivity index (χ1v) is 6.76. The number of carboxylic acids is 1. The van der Waals surface area contributed by atoms with Crippen molar-refractivity contribution in [1.29, 1.82) is 0 Å². The van der Waals surface area contributed by atoms with E-state index in [0.29, 0.717) is 21.4 Å². The Labute approximate surface area is 131 Å². The summed E-state index contributed by atoms with van der Waals surface area (Å²) in [6.45, 7) is 1.64. The normalized spacial score (nSPS) is 11.3. The molecule has 0 bridgehead atoms. The number of hydrogen-bond acceptors (Lipinski definition) is 3. The first kappa shape index (κ1) is 15.4. The van der Waals surface area contributed by atoms with Crippen LogP contribution in [0.1, 0.15) is 12.5 Å². The summed E-state index contributed by atoms with van der Waals surface area (Å²) in [5, 5.41) is 10.0. The van der Waals surface area contributed by atoms with Crippen molar-refractivity contribution in [1.82, 2.24) is 4.98 Å². The van der Waals surface area contributed by atoms with E-state index >= 15 is 0 Å². The van der Waals surface area contributed by atoms with Gasteiger partial charge < -0.3 is 9.84 Å². The Balaban J connectivity index is 2.43. The van der Waals surface area contributed by atoms with Gasteiger partial charge in [0.25, 0.3) is 0 Å². The van der Waals surface area contributed by atoms with Crippen molar-refractivity contribution < 1.29 is 14.6 Å². The summed E-state index contributed by atoms with van der Waals surface area (Å²) in [5.41, 5.74) is 0.481. The molecule has 0 spiro atoms. The average molecular weight is 324 g/mol. The number of nitrogens with zero attached hydrogens (tertiary/aromatic N) is 1. The molecule has 2 rings (SSSR count). The minimum atomic E-state index is -1.06.